The maximum Gasteiger partial charge on any atom is 0.191 e. The molecule has 152 valence electrons. The first-order chi connectivity index (χ1) is 13.3. The molecule has 3 heterocycles. The van der Waals surface area contributed by atoms with Crippen molar-refractivity contribution in [2.24, 2.45) is 4.99 Å². The van der Waals surface area contributed by atoms with E-state index in [-0.39, 0.29) is 0 Å². The molecule has 2 aliphatic heterocycles. The monoisotopic (exact) mass is 392 g/mol. The summed E-state index contributed by atoms with van der Waals surface area (Å²) in [5, 5.41) is 9.26. The van der Waals surface area contributed by atoms with Crippen molar-refractivity contribution >= 4 is 17.3 Å². The number of hydrogen-bond acceptors (Lipinski definition) is 5. The minimum absolute atomic E-state index is 0.451. The average molecular weight is 393 g/mol. The first kappa shape index (κ1) is 20.6. The van der Waals surface area contributed by atoms with Crippen molar-refractivity contribution in [3.8, 4) is 0 Å². The summed E-state index contributed by atoms with van der Waals surface area (Å²) in [6.45, 7) is 10.1. The number of aliphatic imine (C=N–C) groups is 1. The van der Waals surface area contributed by atoms with Crippen LogP contribution in [-0.4, -0.2) is 93.7 Å². The van der Waals surface area contributed by atoms with Crippen molar-refractivity contribution in [3.05, 3.63) is 22.4 Å². The second-order valence-electron chi connectivity index (χ2n) is 7.65. The number of nitrogens with zero attached hydrogens (tertiary/aromatic N) is 4. The predicted molar refractivity (Wildman–Crippen MR) is 116 cm³/mol. The number of guanidine groups is 1. The van der Waals surface area contributed by atoms with Crippen molar-refractivity contribution in [1.82, 2.24) is 25.3 Å². The number of thiophene rings is 1. The number of rotatable bonds is 7. The lowest BCUT2D eigenvalue weighted by molar-refractivity contribution is 0.248. The summed E-state index contributed by atoms with van der Waals surface area (Å²) in [4.78, 5) is 13.5. The van der Waals surface area contributed by atoms with Crippen molar-refractivity contribution in [2.75, 3.05) is 73.0 Å². The average Bonchev–Trinajstić information content (AvgIpc) is 3.35. The Morgan fingerprint density at radius 1 is 1.11 bits per heavy atom. The van der Waals surface area contributed by atoms with E-state index in [0.717, 1.165) is 25.6 Å². The fourth-order valence-electron chi connectivity index (χ4n) is 4.01. The van der Waals surface area contributed by atoms with E-state index in [2.05, 4.69) is 54.9 Å². The summed E-state index contributed by atoms with van der Waals surface area (Å²) >= 11 is 1.86. The molecule has 1 aromatic heterocycles. The van der Waals surface area contributed by atoms with Crippen molar-refractivity contribution in [3.63, 3.8) is 0 Å². The van der Waals surface area contributed by atoms with Crippen LogP contribution >= 0.6 is 11.3 Å². The van der Waals surface area contributed by atoms with Gasteiger partial charge in [0.1, 0.15) is 0 Å². The number of nitrogens with one attached hydrogen (secondary N) is 2. The summed E-state index contributed by atoms with van der Waals surface area (Å²) < 4.78 is 0. The summed E-state index contributed by atoms with van der Waals surface area (Å²) in [7, 11) is 4.09. The van der Waals surface area contributed by atoms with Gasteiger partial charge in [-0.15, -0.1) is 11.3 Å². The van der Waals surface area contributed by atoms with E-state index in [1.54, 1.807) is 0 Å². The molecule has 7 heteroatoms. The lowest BCUT2D eigenvalue weighted by Gasteiger charge is -2.28. The van der Waals surface area contributed by atoms with Crippen molar-refractivity contribution in [2.45, 2.75) is 25.3 Å². The molecule has 0 spiro atoms. The zero-order valence-electron chi connectivity index (χ0n) is 17.0. The molecule has 0 aliphatic carbocycles. The summed E-state index contributed by atoms with van der Waals surface area (Å²) in [5.74, 6) is 0.919. The van der Waals surface area contributed by atoms with Crippen LogP contribution in [0.2, 0.25) is 0 Å². The second kappa shape index (κ2) is 11.0. The Morgan fingerprint density at radius 3 is 2.70 bits per heavy atom. The van der Waals surface area contributed by atoms with Crippen LogP contribution in [0.3, 0.4) is 0 Å². The van der Waals surface area contributed by atoms with Crippen LogP contribution in [0.5, 0.6) is 0 Å². The number of likely N-dealkylation sites (tertiary alicyclic amines) is 1. The van der Waals surface area contributed by atoms with Crippen LogP contribution < -0.4 is 10.6 Å². The fraction of sp³-hybridized carbons (Fsp3) is 0.750. The van der Waals surface area contributed by atoms with Gasteiger partial charge in [0.05, 0.1) is 6.04 Å². The van der Waals surface area contributed by atoms with Gasteiger partial charge in [-0.1, -0.05) is 6.07 Å². The van der Waals surface area contributed by atoms with Gasteiger partial charge in [0.2, 0.25) is 0 Å². The molecule has 1 unspecified atom stereocenters. The molecule has 2 N–H and O–H groups in total. The predicted octanol–water partition coefficient (Wildman–Crippen LogP) is 1.69. The van der Waals surface area contributed by atoms with E-state index < -0.39 is 0 Å². The summed E-state index contributed by atoms with van der Waals surface area (Å²) in [6.07, 6.45) is 3.90. The normalized spacial score (nSPS) is 21.9. The number of hydrogen-bond donors (Lipinski definition) is 2. The van der Waals surface area contributed by atoms with Gasteiger partial charge in [-0.25, -0.2) is 0 Å². The van der Waals surface area contributed by atoms with E-state index in [9.17, 15) is 0 Å². The molecule has 6 nitrogen and oxygen atoms in total. The van der Waals surface area contributed by atoms with Crippen LogP contribution in [0.25, 0.3) is 0 Å². The van der Waals surface area contributed by atoms with E-state index in [1.807, 2.05) is 18.4 Å². The maximum absolute atomic E-state index is 4.43. The lowest BCUT2D eigenvalue weighted by Crippen LogP contribution is -2.45. The molecule has 1 atom stereocenters. The Hall–Kier alpha value is -1.15. The van der Waals surface area contributed by atoms with Crippen LogP contribution in [0, 0.1) is 0 Å². The molecule has 1 aromatic rings. The molecule has 0 radical (unpaired) electrons. The quantitative estimate of drug-likeness (QED) is 0.546. The van der Waals surface area contributed by atoms with Gasteiger partial charge in [-0.2, -0.15) is 0 Å². The largest absolute Gasteiger partial charge is 0.355 e. The summed E-state index contributed by atoms with van der Waals surface area (Å²) in [5.41, 5.74) is 0. The Bertz CT molecular complexity index is 555. The van der Waals surface area contributed by atoms with E-state index in [0.29, 0.717) is 6.04 Å². The van der Waals surface area contributed by atoms with Gasteiger partial charge in [-0.05, 0) is 63.9 Å². The summed E-state index contributed by atoms with van der Waals surface area (Å²) in [6, 6.07) is 4.88. The Labute approximate surface area is 168 Å². The van der Waals surface area contributed by atoms with Gasteiger partial charge < -0.3 is 20.4 Å². The Morgan fingerprint density at radius 2 is 1.96 bits per heavy atom. The van der Waals surface area contributed by atoms with Gasteiger partial charge in [0, 0.05) is 44.6 Å². The zero-order valence-corrected chi connectivity index (χ0v) is 17.8. The minimum Gasteiger partial charge on any atom is -0.355 e. The van der Waals surface area contributed by atoms with Gasteiger partial charge in [0.25, 0.3) is 0 Å². The van der Waals surface area contributed by atoms with Crippen LogP contribution in [0.15, 0.2) is 22.5 Å². The van der Waals surface area contributed by atoms with Gasteiger partial charge >= 0.3 is 0 Å². The zero-order chi connectivity index (χ0) is 18.9. The molecule has 0 saturated carbocycles. The van der Waals surface area contributed by atoms with Crippen LogP contribution in [0.1, 0.15) is 30.2 Å². The molecule has 2 aliphatic rings. The third kappa shape index (κ3) is 6.45. The highest BCUT2D eigenvalue weighted by molar-refractivity contribution is 7.10. The SMILES string of the molecule is CN=C(NCCN1CCCN(C)CC1)NCC(c1cccs1)N1CCCC1. The van der Waals surface area contributed by atoms with Crippen LogP contribution in [-0.2, 0) is 0 Å². The highest BCUT2D eigenvalue weighted by Crippen LogP contribution is 2.27. The van der Waals surface area contributed by atoms with E-state index in [4.69, 9.17) is 0 Å². The molecule has 2 saturated heterocycles. The fourth-order valence-corrected chi connectivity index (χ4v) is 4.87. The molecular formula is C20H36N6S. The van der Waals surface area contributed by atoms with E-state index in [1.165, 1.54) is 63.4 Å². The standard InChI is InChI=1S/C20H36N6S/c1-21-20(22-8-13-25-10-6-9-24(2)14-15-25)23-17-18(19-7-5-16-27-19)26-11-3-4-12-26/h5,7,16,18H,3-4,6,8-15,17H2,1-2H3,(H2,21,22,23). The van der Waals surface area contributed by atoms with E-state index >= 15 is 0 Å². The Kier molecular flexibility index (Phi) is 8.38. The van der Waals surface area contributed by atoms with Crippen LogP contribution in [0.4, 0.5) is 0 Å². The maximum atomic E-state index is 4.43. The molecule has 3 rings (SSSR count). The smallest absolute Gasteiger partial charge is 0.191 e. The lowest BCUT2D eigenvalue weighted by atomic mass is 10.2. The third-order valence-corrected chi connectivity index (χ3v) is 6.65. The van der Waals surface area contributed by atoms with Crippen molar-refractivity contribution < 1.29 is 0 Å². The third-order valence-electron chi connectivity index (χ3n) is 5.67. The van der Waals surface area contributed by atoms with Gasteiger partial charge in [0.15, 0.2) is 5.96 Å². The molecule has 0 amide bonds. The van der Waals surface area contributed by atoms with Crippen molar-refractivity contribution in [1.29, 1.82) is 0 Å². The first-order valence-electron chi connectivity index (χ1n) is 10.4. The van der Waals surface area contributed by atoms with Gasteiger partial charge in [-0.3, -0.25) is 9.89 Å². The highest BCUT2D eigenvalue weighted by Gasteiger charge is 2.24. The number of likely N-dealkylation sites (N-methyl/N-ethyl adjacent to an activating group) is 1. The highest BCUT2D eigenvalue weighted by atomic mass is 32.1. The second-order valence-corrected chi connectivity index (χ2v) is 8.63. The minimum atomic E-state index is 0.451. The molecule has 2 fully saturated rings. The molecule has 27 heavy (non-hydrogen) atoms. The molecular weight excluding hydrogens is 356 g/mol. The molecule has 0 aromatic carbocycles. The topological polar surface area (TPSA) is 46.1 Å². The molecule has 0 bridgehead atoms. The first-order valence-corrected chi connectivity index (χ1v) is 11.3. The Balaban J connectivity index is 1.43.